The lowest BCUT2D eigenvalue weighted by Crippen LogP contribution is -2.47. The quantitative estimate of drug-likeness (QED) is 0.651. The molecule has 2 unspecified atom stereocenters. The molecule has 1 aliphatic rings. The molecule has 2 aromatic rings. The van der Waals surface area contributed by atoms with E-state index in [1.165, 1.54) is 24.4 Å². The highest BCUT2D eigenvalue weighted by Crippen LogP contribution is 2.62. The second kappa shape index (κ2) is 7.39. The first-order chi connectivity index (χ1) is 13.6. The van der Waals surface area contributed by atoms with Gasteiger partial charge in [-0.2, -0.15) is 0 Å². The third-order valence-electron chi connectivity index (χ3n) is 5.18. The number of amides is 1. The van der Waals surface area contributed by atoms with Crippen molar-refractivity contribution in [1.82, 2.24) is 9.97 Å². The van der Waals surface area contributed by atoms with Gasteiger partial charge in [-0.15, -0.1) is 4.91 Å². The Balaban J connectivity index is 1.92. The minimum absolute atomic E-state index is 0.000620. The molecule has 3 rings (SSSR count). The Morgan fingerprint density at radius 3 is 2.79 bits per heavy atom. The molecule has 0 saturated carbocycles. The number of nitrogens with zero attached hydrogens (tertiary/aromatic N) is 3. The van der Waals surface area contributed by atoms with E-state index in [1.54, 1.807) is 6.26 Å². The van der Waals surface area contributed by atoms with Gasteiger partial charge in [-0.3, -0.25) is 14.6 Å². The Kier molecular flexibility index (Phi) is 5.26. The van der Waals surface area contributed by atoms with Crippen LogP contribution in [0, 0.1) is 10.7 Å². The highest BCUT2D eigenvalue weighted by molar-refractivity contribution is 8.33. The number of hydrogen-bond acceptors (Lipinski definition) is 7. The lowest BCUT2D eigenvalue weighted by Gasteiger charge is -2.47. The number of anilines is 1. The van der Waals surface area contributed by atoms with Gasteiger partial charge in [0, 0.05) is 23.2 Å². The highest BCUT2D eigenvalue weighted by Gasteiger charge is 2.47. The number of nitrogens with two attached hydrogens (primary N) is 1. The van der Waals surface area contributed by atoms with Gasteiger partial charge in [0.1, 0.15) is 17.3 Å². The second-order valence-electron chi connectivity index (χ2n) is 7.31. The van der Waals surface area contributed by atoms with E-state index >= 15 is 0 Å². The van der Waals surface area contributed by atoms with Crippen molar-refractivity contribution in [2.24, 2.45) is 15.3 Å². The number of carbonyl (C=O) groups excluding carboxylic acids is 1. The number of amidine groups is 1. The summed E-state index contributed by atoms with van der Waals surface area (Å²) in [6.45, 7) is 3.62. The van der Waals surface area contributed by atoms with Gasteiger partial charge in [-0.25, -0.2) is 9.37 Å². The van der Waals surface area contributed by atoms with Crippen molar-refractivity contribution in [3.63, 3.8) is 0 Å². The van der Waals surface area contributed by atoms with Gasteiger partial charge in [0.2, 0.25) is 0 Å². The van der Waals surface area contributed by atoms with Crippen LogP contribution in [0.25, 0.3) is 0 Å². The Bertz CT molecular complexity index is 1050. The van der Waals surface area contributed by atoms with Gasteiger partial charge >= 0.3 is 0 Å². The molecule has 4 N–H and O–H groups in total. The average Bonchev–Trinajstić information content (AvgIpc) is 2.68. The number of halogens is 1. The Hall–Kier alpha value is -3.08. The Morgan fingerprint density at radius 2 is 2.17 bits per heavy atom. The fourth-order valence-electron chi connectivity index (χ4n) is 2.92. The fraction of sp³-hybridized carbons (Fsp3) is 0.333. The molecule has 0 radical (unpaired) electrons. The number of rotatable bonds is 4. The summed E-state index contributed by atoms with van der Waals surface area (Å²) in [5, 5.41) is 2.60. The summed E-state index contributed by atoms with van der Waals surface area (Å²) in [5.74, 6) is -0.604. The number of aliphatic imine (C=N–C) groups is 1. The van der Waals surface area contributed by atoms with Gasteiger partial charge in [-0.1, -0.05) is 10.2 Å². The molecule has 1 amide bonds. The van der Waals surface area contributed by atoms with Crippen LogP contribution >= 0.6 is 10.2 Å². The zero-order valence-corrected chi connectivity index (χ0v) is 16.9. The van der Waals surface area contributed by atoms with E-state index in [0.717, 1.165) is 6.20 Å². The number of carbonyl (C=O) groups is 1. The molecule has 29 heavy (non-hydrogen) atoms. The van der Waals surface area contributed by atoms with Gasteiger partial charge in [0.15, 0.2) is 0 Å². The zero-order valence-electron chi connectivity index (χ0n) is 16.1. The summed E-state index contributed by atoms with van der Waals surface area (Å²) in [7, 11) is -2.09. The minimum Gasteiger partial charge on any atom is -0.386 e. The van der Waals surface area contributed by atoms with Crippen molar-refractivity contribution < 1.29 is 9.18 Å². The molecule has 2 heterocycles. The largest absolute Gasteiger partial charge is 0.386 e. The molecular weight excluding hydrogens is 399 g/mol. The number of aromatic amines is 1. The minimum atomic E-state index is -2.09. The fourth-order valence-corrected chi connectivity index (χ4v) is 4.96. The molecule has 0 fully saturated rings. The van der Waals surface area contributed by atoms with Crippen molar-refractivity contribution >= 4 is 27.6 Å². The van der Waals surface area contributed by atoms with Crippen LogP contribution in [0.4, 0.5) is 10.1 Å². The van der Waals surface area contributed by atoms with E-state index in [4.69, 9.17) is 5.73 Å². The van der Waals surface area contributed by atoms with Crippen molar-refractivity contribution in [3.8, 4) is 0 Å². The van der Waals surface area contributed by atoms with Crippen molar-refractivity contribution in [1.29, 1.82) is 0 Å². The highest BCUT2D eigenvalue weighted by atomic mass is 32.3. The first-order valence-electron chi connectivity index (χ1n) is 8.67. The predicted octanol–water partition coefficient (Wildman–Crippen LogP) is 2.47. The van der Waals surface area contributed by atoms with Crippen LogP contribution in [-0.4, -0.2) is 38.5 Å². The predicted molar refractivity (Wildman–Crippen MR) is 112 cm³/mol. The van der Waals surface area contributed by atoms with Crippen LogP contribution in [0.5, 0.6) is 0 Å². The first kappa shape index (κ1) is 20.6. The normalized spacial score (nSPS) is 25.4. The SMILES string of the molecule is CC1(C)C(N)=NC(c2cc(NC(=O)c3c[nH]c(=O)cn3)ccc2F)CS1(C)N=O. The first-order valence-corrected chi connectivity index (χ1v) is 10.8. The van der Waals surface area contributed by atoms with E-state index in [-0.39, 0.29) is 22.8 Å². The monoisotopic (exact) mass is 420 g/mol. The molecule has 0 aliphatic carbocycles. The van der Waals surface area contributed by atoms with Gasteiger partial charge in [0.05, 0.1) is 17.0 Å². The van der Waals surface area contributed by atoms with E-state index in [9.17, 15) is 18.9 Å². The van der Waals surface area contributed by atoms with Crippen molar-refractivity contribution in [2.45, 2.75) is 24.6 Å². The maximum Gasteiger partial charge on any atom is 0.275 e. The number of benzene rings is 1. The lowest BCUT2D eigenvalue weighted by molar-refractivity contribution is 0.102. The summed E-state index contributed by atoms with van der Waals surface area (Å²) in [6, 6.07) is 3.36. The molecule has 1 aromatic heterocycles. The Labute approximate surface area is 167 Å². The van der Waals surface area contributed by atoms with Crippen molar-refractivity contribution in [2.75, 3.05) is 17.3 Å². The summed E-state index contributed by atoms with van der Waals surface area (Å²) in [5.41, 5.74) is 6.18. The molecule has 0 bridgehead atoms. The van der Waals surface area contributed by atoms with Crippen LogP contribution in [0.15, 0.2) is 45.0 Å². The topological polar surface area (TPSA) is 143 Å². The number of H-pyrrole nitrogens is 1. The molecule has 2 atom stereocenters. The third-order valence-corrected chi connectivity index (χ3v) is 8.88. The lowest BCUT2D eigenvalue weighted by atomic mass is 10.1. The molecule has 1 aliphatic heterocycles. The molecule has 9 nitrogen and oxygen atoms in total. The third kappa shape index (κ3) is 3.77. The summed E-state index contributed by atoms with van der Waals surface area (Å²) >= 11 is 0. The number of hydrogen-bond donors (Lipinski definition) is 3. The van der Waals surface area contributed by atoms with E-state index < -0.39 is 38.3 Å². The molecule has 154 valence electrons. The molecule has 0 saturated heterocycles. The van der Waals surface area contributed by atoms with Crippen LogP contribution in [0.1, 0.15) is 35.9 Å². The van der Waals surface area contributed by atoms with Crippen LogP contribution in [-0.2, 0) is 0 Å². The van der Waals surface area contributed by atoms with E-state index in [1.807, 2.05) is 13.8 Å². The standard InChI is InChI=1S/C18H21FN6O3S/c1-18(2)17(20)24-14(9-29(18,3)25-28)11-6-10(4-5-12(11)19)23-16(27)13-7-22-15(26)8-21-13/h4-8,14H,9H2,1-3H3,(H2,20,24)(H,22,26)(H,23,27). The van der Waals surface area contributed by atoms with Gasteiger partial charge in [-0.05, 0) is 42.9 Å². The second-order valence-corrected chi connectivity index (χ2v) is 10.9. The summed E-state index contributed by atoms with van der Waals surface area (Å²) < 4.78 is 17.2. The zero-order chi connectivity index (χ0) is 21.4. The molecular formula is C18H21FN6O3S. The maximum absolute atomic E-state index is 14.6. The van der Waals surface area contributed by atoms with E-state index in [2.05, 4.69) is 24.9 Å². The number of nitrogens with one attached hydrogen (secondary N) is 2. The van der Waals surface area contributed by atoms with Crippen LogP contribution < -0.4 is 16.6 Å². The molecule has 0 spiro atoms. The van der Waals surface area contributed by atoms with Crippen molar-refractivity contribution in [3.05, 3.63) is 62.9 Å². The van der Waals surface area contributed by atoms with E-state index in [0.29, 0.717) is 5.69 Å². The Morgan fingerprint density at radius 1 is 1.45 bits per heavy atom. The molecule has 11 heteroatoms. The summed E-state index contributed by atoms with van der Waals surface area (Å²) in [4.78, 5) is 45.5. The number of aromatic nitrogens is 2. The summed E-state index contributed by atoms with van der Waals surface area (Å²) in [6.07, 6.45) is 3.92. The van der Waals surface area contributed by atoms with Gasteiger partial charge in [0.25, 0.3) is 11.5 Å². The average molecular weight is 420 g/mol. The maximum atomic E-state index is 14.6. The van der Waals surface area contributed by atoms with Gasteiger partial charge < -0.3 is 16.0 Å². The van der Waals surface area contributed by atoms with Crippen LogP contribution in [0.3, 0.4) is 0 Å². The smallest absolute Gasteiger partial charge is 0.275 e. The number of nitroso groups, excluding NO2 is 1. The molecule has 1 aromatic carbocycles. The van der Waals surface area contributed by atoms with Crippen LogP contribution in [0.2, 0.25) is 0 Å².